The van der Waals surface area contributed by atoms with Crippen LogP contribution < -0.4 is 14.8 Å². The monoisotopic (exact) mass is 253 g/mol. The van der Waals surface area contributed by atoms with Crippen molar-refractivity contribution in [3.05, 3.63) is 24.3 Å². The molecular weight excluding hydrogens is 230 g/mol. The molecule has 0 aromatic heterocycles. The molecule has 0 aliphatic heterocycles. The molecule has 0 amide bonds. The highest BCUT2D eigenvalue weighted by Crippen LogP contribution is 2.26. The third-order valence-corrected chi connectivity index (χ3v) is 2.39. The van der Waals surface area contributed by atoms with Gasteiger partial charge in [-0.05, 0) is 32.0 Å². The summed E-state index contributed by atoms with van der Waals surface area (Å²) in [4.78, 5) is 0. The number of rotatable bonds is 9. The van der Waals surface area contributed by atoms with Crippen LogP contribution in [0.2, 0.25) is 0 Å². The van der Waals surface area contributed by atoms with Crippen LogP contribution in [0.3, 0.4) is 0 Å². The Hall–Kier alpha value is -1.26. The summed E-state index contributed by atoms with van der Waals surface area (Å²) in [7, 11) is 0. The van der Waals surface area contributed by atoms with Crippen molar-refractivity contribution >= 4 is 0 Å². The second-order valence-corrected chi connectivity index (χ2v) is 4.05. The highest BCUT2D eigenvalue weighted by molar-refractivity contribution is 5.39. The second kappa shape index (κ2) is 8.78. The Bertz CT molecular complexity index is 331. The molecule has 0 radical (unpaired) electrons. The van der Waals surface area contributed by atoms with Gasteiger partial charge in [0.2, 0.25) is 0 Å². The first-order valence-corrected chi connectivity index (χ1v) is 6.51. The summed E-state index contributed by atoms with van der Waals surface area (Å²) in [5.41, 5.74) is 0. The molecule has 0 bridgehead atoms. The Balaban J connectivity index is 2.37. The molecule has 0 spiro atoms. The van der Waals surface area contributed by atoms with Crippen molar-refractivity contribution in [1.29, 1.82) is 0 Å². The Kier molecular flexibility index (Phi) is 7.22. The molecular formula is C14H23NO3. The fourth-order valence-electron chi connectivity index (χ4n) is 1.53. The molecule has 0 heterocycles. The van der Waals surface area contributed by atoms with Crippen molar-refractivity contribution in [3.63, 3.8) is 0 Å². The summed E-state index contributed by atoms with van der Waals surface area (Å²) in [5, 5.41) is 12.9. The lowest BCUT2D eigenvalue weighted by Crippen LogP contribution is -2.31. The summed E-state index contributed by atoms with van der Waals surface area (Å²) >= 11 is 0. The third kappa shape index (κ3) is 5.38. The Morgan fingerprint density at radius 1 is 1.17 bits per heavy atom. The zero-order chi connectivity index (χ0) is 13.2. The van der Waals surface area contributed by atoms with E-state index < -0.39 is 6.10 Å². The van der Waals surface area contributed by atoms with E-state index in [-0.39, 0.29) is 6.61 Å². The average molecular weight is 253 g/mol. The SMILES string of the molecule is CCCNC[C@H](O)COc1ccccc1OCC. The summed E-state index contributed by atoms with van der Waals surface area (Å²) < 4.78 is 11.0. The summed E-state index contributed by atoms with van der Waals surface area (Å²) in [5.74, 6) is 1.39. The summed E-state index contributed by atoms with van der Waals surface area (Å²) in [6, 6.07) is 7.49. The maximum absolute atomic E-state index is 9.73. The number of para-hydroxylation sites is 2. The van der Waals surface area contributed by atoms with Crippen molar-refractivity contribution in [3.8, 4) is 11.5 Å². The second-order valence-electron chi connectivity index (χ2n) is 4.05. The molecule has 0 unspecified atom stereocenters. The van der Waals surface area contributed by atoms with Crippen molar-refractivity contribution in [2.24, 2.45) is 0 Å². The van der Waals surface area contributed by atoms with Crippen LogP contribution in [0, 0.1) is 0 Å². The smallest absolute Gasteiger partial charge is 0.161 e. The third-order valence-electron chi connectivity index (χ3n) is 2.39. The van der Waals surface area contributed by atoms with Gasteiger partial charge in [0.1, 0.15) is 12.7 Å². The average Bonchev–Trinajstić information content (AvgIpc) is 2.38. The number of hydrogen-bond acceptors (Lipinski definition) is 4. The van der Waals surface area contributed by atoms with E-state index in [0.717, 1.165) is 13.0 Å². The summed E-state index contributed by atoms with van der Waals surface area (Å²) in [6.07, 6.45) is 0.548. The van der Waals surface area contributed by atoms with Crippen molar-refractivity contribution in [2.45, 2.75) is 26.4 Å². The maximum Gasteiger partial charge on any atom is 0.161 e. The van der Waals surface area contributed by atoms with Gasteiger partial charge in [-0.15, -0.1) is 0 Å². The predicted octanol–water partition coefficient (Wildman–Crippen LogP) is 1.82. The highest BCUT2D eigenvalue weighted by Gasteiger charge is 2.07. The number of ether oxygens (including phenoxy) is 2. The first kappa shape index (κ1) is 14.8. The maximum atomic E-state index is 9.73. The zero-order valence-electron chi connectivity index (χ0n) is 11.2. The molecule has 2 N–H and O–H groups in total. The van der Waals surface area contributed by atoms with Crippen LogP contribution in [0.4, 0.5) is 0 Å². The number of aliphatic hydroxyl groups is 1. The molecule has 1 atom stereocenters. The van der Waals surface area contributed by atoms with Gasteiger partial charge in [-0.25, -0.2) is 0 Å². The van der Waals surface area contributed by atoms with Gasteiger partial charge in [-0.3, -0.25) is 0 Å². The van der Waals surface area contributed by atoms with Crippen LogP contribution in [0.5, 0.6) is 11.5 Å². The molecule has 0 aliphatic rings. The van der Waals surface area contributed by atoms with E-state index in [1.807, 2.05) is 31.2 Å². The van der Waals surface area contributed by atoms with Crippen molar-refractivity contribution in [1.82, 2.24) is 5.32 Å². The van der Waals surface area contributed by atoms with Gasteiger partial charge in [-0.2, -0.15) is 0 Å². The van der Waals surface area contributed by atoms with Gasteiger partial charge < -0.3 is 19.9 Å². The van der Waals surface area contributed by atoms with E-state index in [9.17, 15) is 5.11 Å². The number of nitrogens with one attached hydrogen (secondary N) is 1. The van der Waals surface area contributed by atoms with E-state index in [2.05, 4.69) is 12.2 Å². The fourth-order valence-corrected chi connectivity index (χ4v) is 1.53. The van der Waals surface area contributed by atoms with E-state index in [0.29, 0.717) is 24.7 Å². The quantitative estimate of drug-likeness (QED) is 0.659. The number of hydrogen-bond donors (Lipinski definition) is 2. The molecule has 0 fully saturated rings. The minimum atomic E-state index is -0.508. The zero-order valence-corrected chi connectivity index (χ0v) is 11.2. The van der Waals surface area contributed by atoms with Crippen LogP contribution in [0.25, 0.3) is 0 Å². The Morgan fingerprint density at radius 2 is 1.83 bits per heavy atom. The molecule has 18 heavy (non-hydrogen) atoms. The van der Waals surface area contributed by atoms with Gasteiger partial charge in [0.25, 0.3) is 0 Å². The van der Waals surface area contributed by atoms with E-state index >= 15 is 0 Å². The Labute approximate surface area is 109 Å². The Morgan fingerprint density at radius 3 is 2.44 bits per heavy atom. The normalized spacial score (nSPS) is 12.2. The lowest BCUT2D eigenvalue weighted by Gasteiger charge is -2.15. The van der Waals surface area contributed by atoms with Crippen LogP contribution in [-0.2, 0) is 0 Å². The molecule has 102 valence electrons. The lowest BCUT2D eigenvalue weighted by molar-refractivity contribution is 0.104. The molecule has 1 aromatic carbocycles. The van der Waals surface area contributed by atoms with Gasteiger partial charge >= 0.3 is 0 Å². The minimum absolute atomic E-state index is 0.265. The van der Waals surface area contributed by atoms with E-state index in [1.165, 1.54) is 0 Å². The molecule has 1 aromatic rings. The van der Waals surface area contributed by atoms with Gasteiger partial charge in [0.05, 0.1) is 6.61 Å². The number of aliphatic hydroxyl groups excluding tert-OH is 1. The summed E-state index contributed by atoms with van der Waals surface area (Å²) in [6.45, 7) is 6.34. The largest absolute Gasteiger partial charge is 0.490 e. The predicted molar refractivity (Wildman–Crippen MR) is 72.3 cm³/mol. The first-order chi connectivity index (χ1) is 8.77. The topological polar surface area (TPSA) is 50.7 Å². The first-order valence-electron chi connectivity index (χ1n) is 6.51. The highest BCUT2D eigenvalue weighted by atomic mass is 16.5. The molecule has 0 aliphatic carbocycles. The molecule has 0 saturated heterocycles. The van der Waals surface area contributed by atoms with Crippen LogP contribution in [-0.4, -0.2) is 37.5 Å². The molecule has 0 saturated carbocycles. The van der Waals surface area contributed by atoms with Crippen LogP contribution in [0.15, 0.2) is 24.3 Å². The van der Waals surface area contributed by atoms with Crippen LogP contribution in [0.1, 0.15) is 20.3 Å². The van der Waals surface area contributed by atoms with E-state index in [1.54, 1.807) is 0 Å². The standard InChI is InChI=1S/C14H23NO3/c1-3-9-15-10-12(16)11-18-14-8-6-5-7-13(14)17-4-2/h5-8,12,15-16H,3-4,9-11H2,1-2H3/t12-/m0/s1. The molecule has 4 heteroatoms. The minimum Gasteiger partial charge on any atom is -0.490 e. The van der Waals surface area contributed by atoms with Gasteiger partial charge in [0.15, 0.2) is 11.5 Å². The van der Waals surface area contributed by atoms with Crippen LogP contribution >= 0.6 is 0 Å². The van der Waals surface area contributed by atoms with Gasteiger partial charge in [-0.1, -0.05) is 19.1 Å². The van der Waals surface area contributed by atoms with Crippen molar-refractivity contribution < 1.29 is 14.6 Å². The molecule has 1 rings (SSSR count). The molecule has 4 nitrogen and oxygen atoms in total. The lowest BCUT2D eigenvalue weighted by atomic mass is 10.3. The fraction of sp³-hybridized carbons (Fsp3) is 0.571. The van der Waals surface area contributed by atoms with E-state index in [4.69, 9.17) is 9.47 Å². The van der Waals surface area contributed by atoms with Crippen molar-refractivity contribution in [2.75, 3.05) is 26.3 Å². The number of benzene rings is 1. The van der Waals surface area contributed by atoms with Gasteiger partial charge in [0, 0.05) is 6.54 Å².